The van der Waals surface area contributed by atoms with Crippen molar-refractivity contribution in [1.82, 2.24) is 5.32 Å². The number of hydrogen-bond donors (Lipinski definition) is 1. The van der Waals surface area contributed by atoms with Crippen molar-refractivity contribution in [2.75, 3.05) is 18.0 Å². The number of carbonyl (C=O) groups excluding carboxylic acids is 1. The molecule has 1 saturated carbocycles. The molecule has 0 atom stereocenters. The number of methoxy groups -OCH3 is 1. The van der Waals surface area contributed by atoms with Crippen LogP contribution in [0.3, 0.4) is 0 Å². The Kier molecular flexibility index (Phi) is 6.74. The van der Waals surface area contributed by atoms with Crippen LogP contribution < -0.4 is 14.4 Å². The molecule has 0 bridgehead atoms. The highest BCUT2D eigenvalue weighted by molar-refractivity contribution is 7.92. The van der Waals surface area contributed by atoms with Gasteiger partial charge in [0.05, 0.1) is 17.7 Å². The van der Waals surface area contributed by atoms with Crippen molar-refractivity contribution in [2.24, 2.45) is 0 Å². The maximum Gasteiger partial charge on any atom is 0.264 e. The van der Waals surface area contributed by atoms with Crippen molar-refractivity contribution in [1.29, 1.82) is 0 Å². The first kappa shape index (κ1) is 21.1. The van der Waals surface area contributed by atoms with Crippen LogP contribution in [0.4, 0.5) is 10.1 Å². The van der Waals surface area contributed by atoms with Crippen molar-refractivity contribution in [3.63, 3.8) is 0 Å². The first-order chi connectivity index (χ1) is 13.9. The van der Waals surface area contributed by atoms with Gasteiger partial charge in [-0.3, -0.25) is 9.10 Å². The minimum absolute atomic E-state index is 0.0718. The third kappa shape index (κ3) is 5.26. The molecule has 8 heteroatoms. The summed E-state index contributed by atoms with van der Waals surface area (Å²) in [7, 11) is -2.55. The van der Waals surface area contributed by atoms with Crippen molar-refractivity contribution < 1.29 is 22.3 Å². The van der Waals surface area contributed by atoms with E-state index in [0.29, 0.717) is 11.4 Å². The number of carbonyl (C=O) groups is 1. The number of halogens is 1. The first-order valence-corrected chi connectivity index (χ1v) is 11.1. The monoisotopic (exact) mass is 420 g/mol. The second kappa shape index (κ2) is 9.26. The summed E-state index contributed by atoms with van der Waals surface area (Å²) in [6.07, 6.45) is 5.07. The van der Waals surface area contributed by atoms with Gasteiger partial charge >= 0.3 is 0 Å². The summed E-state index contributed by atoms with van der Waals surface area (Å²) < 4.78 is 45.9. The predicted molar refractivity (Wildman–Crippen MR) is 109 cm³/mol. The quantitative estimate of drug-likeness (QED) is 0.744. The zero-order valence-electron chi connectivity index (χ0n) is 16.3. The van der Waals surface area contributed by atoms with E-state index in [2.05, 4.69) is 5.32 Å². The maximum atomic E-state index is 13.3. The maximum absolute atomic E-state index is 13.3. The lowest BCUT2D eigenvalue weighted by Gasteiger charge is -2.27. The van der Waals surface area contributed by atoms with Gasteiger partial charge in [-0.1, -0.05) is 19.3 Å². The fraction of sp³-hybridized carbons (Fsp3) is 0.381. The first-order valence-electron chi connectivity index (χ1n) is 9.62. The molecule has 0 unspecified atom stereocenters. The van der Waals surface area contributed by atoms with Gasteiger partial charge in [-0.15, -0.1) is 0 Å². The fourth-order valence-electron chi connectivity index (χ4n) is 3.45. The summed E-state index contributed by atoms with van der Waals surface area (Å²) in [4.78, 5) is 12.6. The molecule has 6 nitrogen and oxygen atoms in total. The molecule has 0 spiro atoms. The fourth-order valence-corrected chi connectivity index (χ4v) is 4.87. The van der Waals surface area contributed by atoms with E-state index >= 15 is 0 Å². The van der Waals surface area contributed by atoms with Crippen LogP contribution in [0.5, 0.6) is 5.75 Å². The lowest BCUT2D eigenvalue weighted by Crippen LogP contribution is -2.44. The molecule has 1 aliphatic carbocycles. The van der Waals surface area contributed by atoms with Crippen LogP contribution in [0.1, 0.15) is 32.1 Å². The SMILES string of the molecule is COc1ccc(N(CC(=O)NC2CCCCC2)S(=O)(=O)c2ccc(F)cc2)cc1. The molecule has 2 aromatic carbocycles. The minimum atomic E-state index is -4.06. The molecule has 0 heterocycles. The molecular weight excluding hydrogens is 395 g/mol. The Morgan fingerprint density at radius 3 is 2.28 bits per heavy atom. The van der Waals surface area contributed by atoms with Crippen LogP contribution in [0.15, 0.2) is 53.4 Å². The van der Waals surface area contributed by atoms with Crippen molar-refractivity contribution in [3.05, 3.63) is 54.3 Å². The number of amides is 1. The third-order valence-electron chi connectivity index (χ3n) is 5.02. The largest absolute Gasteiger partial charge is 0.497 e. The normalized spacial score (nSPS) is 15.0. The van der Waals surface area contributed by atoms with E-state index < -0.39 is 15.8 Å². The molecular formula is C21H25FN2O4S. The van der Waals surface area contributed by atoms with Crippen LogP contribution in [0.25, 0.3) is 0 Å². The molecule has 0 aliphatic heterocycles. The number of hydrogen-bond acceptors (Lipinski definition) is 4. The number of anilines is 1. The molecule has 1 fully saturated rings. The van der Waals surface area contributed by atoms with Crippen LogP contribution >= 0.6 is 0 Å². The molecule has 1 amide bonds. The van der Waals surface area contributed by atoms with Crippen LogP contribution in [0, 0.1) is 5.82 Å². The summed E-state index contributed by atoms with van der Waals surface area (Å²) in [6.45, 7) is -0.359. The molecule has 0 saturated heterocycles. The molecule has 29 heavy (non-hydrogen) atoms. The highest BCUT2D eigenvalue weighted by atomic mass is 32.2. The number of nitrogens with one attached hydrogen (secondary N) is 1. The van der Waals surface area contributed by atoms with Crippen molar-refractivity contribution >= 4 is 21.6 Å². The number of rotatable bonds is 7. The average Bonchev–Trinajstić information content (AvgIpc) is 2.73. The van der Waals surface area contributed by atoms with E-state index in [9.17, 15) is 17.6 Å². The van der Waals surface area contributed by atoms with Gasteiger partial charge in [0, 0.05) is 6.04 Å². The van der Waals surface area contributed by atoms with E-state index in [4.69, 9.17) is 4.74 Å². The molecule has 1 N–H and O–H groups in total. The standard InChI is InChI=1S/C21H25FN2O4S/c1-28-19-11-9-18(10-12-19)24(15-21(25)23-17-5-3-2-4-6-17)29(26,27)20-13-7-16(22)8-14-20/h7-14,17H,2-6,15H2,1H3,(H,23,25). The topological polar surface area (TPSA) is 75.7 Å². The van der Waals surface area contributed by atoms with Gasteiger partial charge in [-0.05, 0) is 61.4 Å². The van der Waals surface area contributed by atoms with Gasteiger partial charge in [-0.25, -0.2) is 12.8 Å². The van der Waals surface area contributed by atoms with E-state index in [1.807, 2.05) is 0 Å². The molecule has 156 valence electrons. The van der Waals surface area contributed by atoms with Crippen LogP contribution in [-0.4, -0.2) is 34.0 Å². The van der Waals surface area contributed by atoms with Crippen molar-refractivity contribution in [2.45, 2.75) is 43.0 Å². The van der Waals surface area contributed by atoms with Gasteiger partial charge in [0.25, 0.3) is 10.0 Å². The summed E-state index contributed by atoms with van der Waals surface area (Å²) in [5.74, 6) is -0.326. The molecule has 1 aliphatic rings. The Balaban J connectivity index is 1.88. The highest BCUT2D eigenvalue weighted by Crippen LogP contribution is 2.26. The van der Waals surface area contributed by atoms with Gasteiger partial charge in [0.2, 0.25) is 5.91 Å². The lowest BCUT2D eigenvalue weighted by molar-refractivity contribution is -0.120. The van der Waals surface area contributed by atoms with Crippen LogP contribution in [0.2, 0.25) is 0 Å². The number of benzene rings is 2. The zero-order valence-corrected chi connectivity index (χ0v) is 17.1. The molecule has 3 rings (SSSR count). The predicted octanol–water partition coefficient (Wildman–Crippen LogP) is 3.48. The molecule has 0 aromatic heterocycles. The van der Waals surface area contributed by atoms with Gasteiger partial charge < -0.3 is 10.1 Å². The zero-order chi connectivity index (χ0) is 20.9. The summed E-state index contributed by atoms with van der Waals surface area (Å²) in [5.41, 5.74) is 0.328. The molecule has 2 aromatic rings. The Bertz CT molecular complexity index is 924. The number of sulfonamides is 1. The van der Waals surface area contributed by atoms with E-state index in [1.54, 1.807) is 24.3 Å². The minimum Gasteiger partial charge on any atom is -0.497 e. The molecule has 0 radical (unpaired) electrons. The summed E-state index contributed by atoms with van der Waals surface area (Å²) in [6, 6.07) is 11.0. The number of nitrogens with zero attached hydrogens (tertiary/aromatic N) is 1. The Labute approximate surface area is 170 Å². The van der Waals surface area contributed by atoms with Gasteiger partial charge in [-0.2, -0.15) is 0 Å². The third-order valence-corrected chi connectivity index (χ3v) is 6.81. The van der Waals surface area contributed by atoms with E-state index in [-0.39, 0.29) is 23.4 Å². The second-order valence-electron chi connectivity index (χ2n) is 7.07. The Morgan fingerprint density at radius 2 is 1.69 bits per heavy atom. The van der Waals surface area contributed by atoms with Gasteiger partial charge in [0.15, 0.2) is 0 Å². The van der Waals surface area contributed by atoms with Crippen LogP contribution in [-0.2, 0) is 14.8 Å². The summed E-state index contributed by atoms with van der Waals surface area (Å²) >= 11 is 0. The highest BCUT2D eigenvalue weighted by Gasteiger charge is 2.28. The van der Waals surface area contributed by atoms with Crippen molar-refractivity contribution in [3.8, 4) is 5.75 Å². The second-order valence-corrected chi connectivity index (χ2v) is 8.93. The Morgan fingerprint density at radius 1 is 1.07 bits per heavy atom. The van der Waals surface area contributed by atoms with E-state index in [0.717, 1.165) is 48.5 Å². The Hall–Kier alpha value is -2.61. The lowest BCUT2D eigenvalue weighted by atomic mass is 9.95. The average molecular weight is 421 g/mol. The smallest absolute Gasteiger partial charge is 0.264 e. The number of ether oxygens (including phenoxy) is 1. The van der Waals surface area contributed by atoms with Gasteiger partial charge in [0.1, 0.15) is 18.1 Å². The van der Waals surface area contributed by atoms with E-state index in [1.165, 1.54) is 19.2 Å². The summed E-state index contributed by atoms with van der Waals surface area (Å²) in [5, 5.41) is 2.94.